The highest BCUT2D eigenvalue weighted by atomic mass is 35.5. The average Bonchev–Trinajstić information content (AvgIpc) is 3.20. The van der Waals surface area contributed by atoms with E-state index in [0.717, 1.165) is 50.3 Å². The van der Waals surface area contributed by atoms with Crippen molar-refractivity contribution in [2.24, 2.45) is 0 Å². The Morgan fingerprint density at radius 2 is 1.82 bits per heavy atom. The molecule has 0 bridgehead atoms. The Kier molecular flexibility index (Phi) is 5.67. The first-order valence-electron chi connectivity index (χ1n) is 11.0. The molecule has 0 aliphatic carbocycles. The van der Waals surface area contributed by atoms with Crippen LogP contribution in [-0.4, -0.2) is 15.0 Å². The third kappa shape index (κ3) is 4.32. The quantitative estimate of drug-likeness (QED) is 0.270. The number of aromatic nitrogens is 3. The molecular weight excluding hydrogens is 446 g/mol. The summed E-state index contributed by atoms with van der Waals surface area (Å²) in [6, 6.07) is 18.2. The van der Waals surface area contributed by atoms with Gasteiger partial charge in [0.1, 0.15) is 17.2 Å². The van der Waals surface area contributed by atoms with Crippen LogP contribution in [0.2, 0.25) is 5.15 Å². The number of anilines is 2. The molecule has 0 fully saturated rings. The third-order valence-corrected chi connectivity index (χ3v) is 6.17. The van der Waals surface area contributed by atoms with Crippen molar-refractivity contribution in [3.8, 4) is 22.4 Å². The highest BCUT2D eigenvalue weighted by molar-refractivity contribution is 6.31. The highest BCUT2D eigenvalue weighted by Gasteiger charge is 2.12. The molecule has 0 aliphatic rings. The Balaban J connectivity index is 1.42. The molecule has 1 atom stereocenters. The first-order valence-corrected chi connectivity index (χ1v) is 11.4. The number of aryl methyl sites for hydroxylation is 2. The van der Waals surface area contributed by atoms with Crippen molar-refractivity contribution < 1.29 is 4.42 Å². The van der Waals surface area contributed by atoms with Gasteiger partial charge in [-0.1, -0.05) is 29.8 Å². The predicted octanol–water partition coefficient (Wildman–Crippen LogP) is 6.98. The maximum Gasteiger partial charge on any atom is 0.151 e. The number of pyridine rings is 1. The zero-order valence-electron chi connectivity index (χ0n) is 19.1. The molecule has 0 saturated heterocycles. The van der Waals surface area contributed by atoms with E-state index in [1.807, 2.05) is 50.2 Å². The summed E-state index contributed by atoms with van der Waals surface area (Å²) in [4.78, 5) is 13.4. The van der Waals surface area contributed by atoms with Crippen LogP contribution in [0.25, 0.3) is 33.4 Å². The minimum atomic E-state index is 0.0123. The van der Waals surface area contributed by atoms with E-state index >= 15 is 0 Å². The maximum atomic E-state index is 5.98. The second-order valence-electron chi connectivity index (χ2n) is 8.41. The SMILES string of the molecule is Cc1nc(N[C@@H](C)c2cccc(-c3cnc(Cl)c(N)c3)c2)cc(-c2ccc3occ(C)c3c2)n1. The van der Waals surface area contributed by atoms with E-state index in [9.17, 15) is 0 Å². The number of nitrogens with two attached hydrogens (primary N) is 1. The fraction of sp³-hybridized carbons (Fsp3) is 0.148. The van der Waals surface area contributed by atoms with Gasteiger partial charge in [0.05, 0.1) is 17.6 Å². The van der Waals surface area contributed by atoms with Gasteiger partial charge in [-0.3, -0.25) is 0 Å². The van der Waals surface area contributed by atoms with E-state index < -0.39 is 0 Å². The van der Waals surface area contributed by atoms with Crippen LogP contribution in [0.4, 0.5) is 11.5 Å². The van der Waals surface area contributed by atoms with Crippen molar-refractivity contribution >= 4 is 34.1 Å². The number of rotatable bonds is 5. The van der Waals surface area contributed by atoms with Gasteiger partial charge in [0, 0.05) is 34.8 Å². The van der Waals surface area contributed by atoms with E-state index in [0.29, 0.717) is 16.7 Å². The van der Waals surface area contributed by atoms with Gasteiger partial charge in [-0.2, -0.15) is 0 Å². The van der Waals surface area contributed by atoms with Crippen molar-refractivity contribution in [1.29, 1.82) is 0 Å². The average molecular weight is 470 g/mol. The maximum absolute atomic E-state index is 5.98. The van der Waals surface area contributed by atoms with Gasteiger partial charge in [-0.15, -0.1) is 0 Å². The van der Waals surface area contributed by atoms with Crippen LogP contribution in [0.3, 0.4) is 0 Å². The Bertz CT molecular complexity index is 1510. The van der Waals surface area contributed by atoms with Crippen LogP contribution >= 0.6 is 11.6 Å². The predicted molar refractivity (Wildman–Crippen MR) is 138 cm³/mol. The van der Waals surface area contributed by atoms with E-state index in [-0.39, 0.29) is 6.04 Å². The van der Waals surface area contributed by atoms with Crippen LogP contribution in [-0.2, 0) is 0 Å². The normalized spacial score (nSPS) is 12.1. The second kappa shape index (κ2) is 8.80. The topological polar surface area (TPSA) is 89.9 Å². The lowest BCUT2D eigenvalue weighted by molar-refractivity contribution is 0.613. The number of nitrogens with one attached hydrogen (secondary N) is 1. The Labute approximate surface area is 202 Å². The largest absolute Gasteiger partial charge is 0.464 e. The van der Waals surface area contributed by atoms with Gasteiger partial charge in [-0.05, 0) is 67.8 Å². The Morgan fingerprint density at radius 1 is 0.971 bits per heavy atom. The van der Waals surface area contributed by atoms with E-state index in [4.69, 9.17) is 21.8 Å². The molecule has 0 radical (unpaired) electrons. The fourth-order valence-corrected chi connectivity index (χ4v) is 4.12. The molecule has 0 amide bonds. The summed E-state index contributed by atoms with van der Waals surface area (Å²) in [6.07, 6.45) is 3.51. The molecule has 5 aromatic rings. The highest BCUT2D eigenvalue weighted by Crippen LogP contribution is 2.30. The summed E-state index contributed by atoms with van der Waals surface area (Å²) >= 11 is 5.98. The summed E-state index contributed by atoms with van der Waals surface area (Å²) < 4.78 is 5.58. The number of furan rings is 1. The van der Waals surface area contributed by atoms with Crippen molar-refractivity contribution in [2.45, 2.75) is 26.8 Å². The van der Waals surface area contributed by atoms with E-state index in [1.54, 1.807) is 12.5 Å². The van der Waals surface area contributed by atoms with Crippen LogP contribution in [0.1, 0.15) is 29.9 Å². The summed E-state index contributed by atoms with van der Waals surface area (Å²) in [7, 11) is 0. The van der Waals surface area contributed by atoms with E-state index in [2.05, 4.69) is 45.4 Å². The second-order valence-corrected chi connectivity index (χ2v) is 8.77. The van der Waals surface area contributed by atoms with Gasteiger partial charge in [-0.25, -0.2) is 15.0 Å². The molecule has 3 heterocycles. The van der Waals surface area contributed by atoms with Crippen LogP contribution in [0, 0.1) is 13.8 Å². The lowest BCUT2D eigenvalue weighted by atomic mass is 10.0. The van der Waals surface area contributed by atoms with Gasteiger partial charge >= 0.3 is 0 Å². The molecule has 6 nitrogen and oxygen atoms in total. The number of hydrogen-bond acceptors (Lipinski definition) is 6. The molecule has 0 saturated carbocycles. The summed E-state index contributed by atoms with van der Waals surface area (Å²) in [6.45, 7) is 6.04. The summed E-state index contributed by atoms with van der Waals surface area (Å²) in [5.74, 6) is 1.47. The number of fused-ring (bicyclic) bond motifs is 1. The van der Waals surface area contributed by atoms with Crippen LogP contribution in [0.5, 0.6) is 0 Å². The van der Waals surface area contributed by atoms with Gasteiger partial charge < -0.3 is 15.5 Å². The van der Waals surface area contributed by atoms with Crippen LogP contribution in [0.15, 0.2) is 71.5 Å². The molecule has 170 valence electrons. The number of nitrogen functional groups attached to an aromatic ring is 1. The first-order chi connectivity index (χ1) is 16.4. The fourth-order valence-electron chi connectivity index (χ4n) is 4.02. The lowest BCUT2D eigenvalue weighted by Crippen LogP contribution is -2.09. The number of benzene rings is 2. The molecule has 5 rings (SSSR count). The van der Waals surface area contributed by atoms with Gasteiger partial charge in [0.2, 0.25) is 0 Å². The van der Waals surface area contributed by atoms with Crippen LogP contribution < -0.4 is 11.1 Å². The molecule has 34 heavy (non-hydrogen) atoms. The molecular formula is C27H24ClN5O. The zero-order chi connectivity index (χ0) is 23.8. The van der Waals surface area contributed by atoms with Crippen molar-refractivity contribution in [3.63, 3.8) is 0 Å². The smallest absolute Gasteiger partial charge is 0.151 e. The standard InChI is InChI=1S/C27H24ClN5O/c1-15-14-34-25-8-7-20(10-22(15)25)24-12-26(33-17(3)32-24)31-16(2)18-5-4-6-19(9-18)21-11-23(29)27(28)30-13-21/h4-14,16H,29H2,1-3H3,(H,31,32,33)/t16-/m0/s1. The number of nitrogens with zero attached hydrogens (tertiary/aromatic N) is 3. The number of hydrogen-bond donors (Lipinski definition) is 2. The molecule has 7 heteroatoms. The Morgan fingerprint density at radius 3 is 2.65 bits per heavy atom. The van der Waals surface area contributed by atoms with Gasteiger partial charge in [0.25, 0.3) is 0 Å². The minimum Gasteiger partial charge on any atom is -0.464 e. The van der Waals surface area contributed by atoms with Crippen molar-refractivity contribution in [3.05, 3.63) is 89.2 Å². The summed E-state index contributed by atoms with van der Waals surface area (Å²) in [5.41, 5.74) is 13.3. The Hall–Kier alpha value is -3.90. The zero-order valence-corrected chi connectivity index (χ0v) is 19.9. The minimum absolute atomic E-state index is 0.0123. The molecule has 3 N–H and O–H groups in total. The van der Waals surface area contributed by atoms with Gasteiger partial charge in [0.15, 0.2) is 5.15 Å². The molecule has 0 unspecified atom stereocenters. The van der Waals surface area contributed by atoms with Crippen molar-refractivity contribution in [1.82, 2.24) is 15.0 Å². The van der Waals surface area contributed by atoms with E-state index in [1.165, 1.54) is 0 Å². The molecule has 3 aromatic heterocycles. The third-order valence-electron chi connectivity index (χ3n) is 5.85. The number of halogens is 1. The van der Waals surface area contributed by atoms with Crippen molar-refractivity contribution in [2.75, 3.05) is 11.1 Å². The summed E-state index contributed by atoms with van der Waals surface area (Å²) in [5, 5.41) is 4.92. The molecule has 0 spiro atoms. The first kappa shape index (κ1) is 21.9. The molecule has 2 aromatic carbocycles. The lowest BCUT2D eigenvalue weighted by Gasteiger charge is -2.17. The monoisotopic (exact) mass is 469 g/mol. The molecule has 0 aliphatic heterocycles.